The zero-order chi connectivity index (χ0) is 105. The van der Waals surface area contributed by atoms with Gasteiger partial charge in [-0.2, -0.15) is 65.9 Å². The van der Waals surface area contributed by atoms with E-state index in [1.807, 2.05) is 87.5 Å². The molecule has 144 heavy (non-hydrogen) atoms. The lowest BCUT2D eigenvalue weighted by molar-refractivity contribution is -0.185. The first-order valence-corrected chi connectivity index (χ1v) is 48.2. The van der Waals surface area contributed by atoms with E-state index in [0.717, 1.165) is 129 Å². The number of nitrogens with zero attached hydrogens (tertiary/aromatic N) is 7. The highest BCUT2D eigenvalue weighted by Crippen LogP contribution is 2.34. The van der Waals surface area contributed by atoms with Crippen molar-refractivity contribution < 1.29 is 119 Å². The van der Waals surface area contributed by atoms with Gasteiger partial charge in [0.05, 0.1) is 0 Å². The number of fused-ring (bicyclic) bond motifs is 7. The molecular weight excluding hydrogens is 1930 g/mol. The maximum absolute atomic E-state index is 12.6. The average molecular weight is 2060 g/mol. The van der Waals surface area contributed by atoms with Crippen LogP contribution in [-0.2, 0) is 150 Å². The molecule has 0 radical (unpaired) electrons. The van der Waals surface area contributed by atoms with Crippen molar-refractivity contribution in [3.8, 4) is 0 Å². The number of rotatable bonds is 10. The number of benzene rings is 7. The minimum Gasteiger partial charge on any atom is -0.444 e. The summed E-state index contributed by atoms with van der Waals surface area (Å²) in [5.41, 5.74) is 31.1. The first-order valence-electron chi connectivity index (χ1n) is 48.2. The summed E-state index contributed by atoms with van der Waals surface area (Å²) in [6.45, 7) is 18.4. The topological polar surface area (TPSA) is 298 Å². The van der Waals surface area contributed by atoms with E-state index < -0.39 is 77.7 Å². The molecule has 7 amide bonds. The van der Waals surface area contributed by atoms with Crippen molar-refractivity contribution in [2.75, 3.05) is 98.7 Å². The van der Waals surface area contributed by atoms with Crippen LogP contribution in [0.3, 0.4) is 0 Å². The van der Waals surface area contributed by atoms with Crippen LogP contribution in [0.4, 0.5) is 75.4 Å². The fraction of sp³-hybridized carbons (Fsp3) is 0.514. The fourth-order valence-electron chi connectivity index (χ4n) is 18.1. The van der Waals surface area contributed by atoms with Gasteiger partial charge in [0, 0.05) is 149 Å². The minimum absolute atomic E-state index is 0. The summed E-state index contributed by atoms with van der Waals surface area (Å²) in [4.78, 5) is 100.0. The van der Waals surface area contributed by atoms with E-state index >= 15 is 0 Å². The number of halogens is 16. The van der Waals surface area contributed by atoms with Gasteiger partial charge >= 0.3 is 72.6 Å². The number of aliphatic hydroxyl groups excluding tert-OH is 1. The van der Waals surface area contributed by atoms with Crippen molar-refractivity contribution in [2.45, 2.75) is 250 Å². The standard InChI is InChI=1S/C20H30N2O2.C18H23F3N2O3.C15H22N2.C13H15F3N2O.C13H13F3N2O.C13H12F3NO2.C12H12F3NO.CH4O.ClH/c1-20(2,3)24-19(23)21-14-15-7-8-16-9-11-22(18-5-4-6-18)12-10-17(16)13-15;1-17(2,3)26-16(25)22-11-12-4-5-13-6-8-23(9-7-14(13)10-12)15(24)18(19,20)21;16-11-12-4-5-13-6-8-17(15-2-1-3-15)9-7-14(13)10-12;2*14-13(15,16)12(19)18-5-3-10-2-1-9(8-17)7-11(10)4-6-18;14-13(15,16)12(19)17-5-3-10-2-1-9(8-18)7-11(10)4-6-17;13-12(14,15)11(17)16-7-5-9-3-1-2-4-10(9)6-8-16;1-2;/h7-8,13,18H,4-6,9-12,14H2,1-3H3,(H,21,23);4-5,10H,6-9,11H2,1-3H3,(H,22,25);4-5,10,15H,1-3,6-9,11,16H2;1-2,7H,3-6,8,17H2;1-2,7-8,17H,3-6H2;1-2,7-8H,3-6H2;1-4H,5-8H2;2H,1H3;1H. The van der Waals surface area contributed by atoms with E-state index in [0.29, 0.717) is 101 Å². The molecule has 790 valence electrons. The molecule has 0 atom stereocenters. The predicted molar refractivity (Wildman–Crippen MR) is 519 cm³/mol. The van der Waals surface area contributed by atoms with Gasteiger partial charge in [0.25, 0.3) is 0 Å². The summed E-state index contributed by atoms with van der Waals surface area (Å²) >= 11 is 0. The number of carbonyl (C=O) groups excluding carboxylic acids is 8. The van der Waals surface area contributed by atoms with E-state index in [1.54, 1.807) is 56.7 Å². The van der Waals surface area contributed by atoms with Gasteiger partial charge in [-0.15, -0.1) is 12.4 Å². The monoisotopic (exact) mass is 2060 g/mol. The van der Waals surface area contributed by atoms with Gasteiger partial charge in [-0.25, -0.2) is 9.59 Å². The molecule has 0 saturated heterocycles. The van der Waals surface area contributed by atoms with Crippen LogP contribution in [0.15, 0.2) is 133 Å². The van der Waals surface area contributed by atoms with Gasteiger partial charge in [-0.1, -0.05) is 134 Å². The molecule has 39 heteroatoms. The van der Waals surface area contributed by atoms with Gasteiger partial charge in [0.2, 0.25) is 0 Å². The first kappa shape index (κ1) is 118. The van der Waals surface area contributed by atoms with Gasteiger partial charge in [-0.05, 0) is 275 Å². The molecule has 0 aromatic heterocycles. The SMILES string of the molecule is CC(C)(C)OC(=O)NCc1ccc2c(c1)CCN(C(=O)C(F)(F)F)CC2.CC(C)(C)OC(=O)NCc1ccc2c(c1)CCN(C1CCC1)CC2.CO.Cl.N=Cc1ccc2c(c1)CCN(C(=O)C(F)(F)F)CC2.NCc1ccc2c(c1)CCN(C(=O)C(F)(F)F)CC2.NCc1ccc2c(c1)CCN(C1CCC1)CC2.O=C(N1CCc2ccccc2CC1)C(F)(F)F.O=Cc1ccc2c(c1)CCN(C(=O)C(F)(F)F)CC2. The van der Waals surface area contributed by atoms with Gasteiger partial charge < -0.3 is 66.6 Å². The Morgan fingerprint density at radius 3 is 0.785 bits per heavy atom. The highest BCUT2D eigenvalue weighted by Gasteiger charge is 2.47. The van der Waals surface area contributed by atoms with E-state index in [4.69, 9.17) is 31.5 Å². The molecule has 0 spiro atoms. The Labute approximate surface area is 836 Å². The maximum Gasteiger partial charge on any atom is 0.471 e. The molecule has 23 nitrogen and oxygen atoms in total. The molecule has 2 aliphatic carbocycles. The van der Waals surface area contributed by atoms with Crippen LogP contribution in [0.2, 0.25) is 0 Å². The third kappa shape index (κ3) is 36.5. The number of amides is 7. The van der Waals surface area contributed by atoms with Crippen molar-refractivity contribution in [1.29, 1.82) is 5.41 Å². The molecule has 2 fully saturated rings. The van der Waals surface area contributed by atoms with E-state index in [9.17, 15) is 104 Å². The van der Waals surface area contributed by atoms with Crippen molar-refractivity contribution >= 4 is 66.6 Å². The number of hydrogen-bond donors (Lipinski definition) is 6. The molecule has 7 heterocycles. The lowest BCUT2D eigenvalue weighted by Crippen LogP contribution is -2.42. The molecule has 7 aliphatic heterocycles. The van der Waals surface area contributed by atoms with Gasteiger partial charge in [-0.3, -0.25) is 38.6 Å². The molecule has 8 N–H and O–H groups in total. The Kier molecular flexibility index (Phi) is 44.1. The molecular formula is C105H132ClF15N12O11. The van der Waals surface area contributed by atoms with Gasteiger partial charge in [0.15, 0.2) is 0 Å². The fourth-order valence-corrected chi connectivity index (χ4v) is 18.1. The predicted octanol–water partition coefficient (Wildman–Crippen LogP) is 17.0. The second-order valence-electron chi connectivity index (χ2n) is 38.3. The minimum atomic E-state index is -4.85. The summed E-state index contributed by atoms with van der Waals surface area (Å²) in [7, 11) is 1.00. The molecule has 7 aromatic rings. The van der Waals surface area contributed by atoms with Crippen molar-refractivity contribution in [3.63, 3.8) is 0 Å². The second kappa shape index (κ2) is 53.8. The van der Waals surface area contributed by atoms with Crippen LogP contribution < -0.4 is 22.1 Å². The Morgan fingerprint density at radius 2 is 0.549 bits per heavy atom. The number of hydrogen-bond acceptors (Lipinski definition) is 16. The van der Waals surface area contributed by atoms with Crippen molar-refractivity contribution in [3.05, 3.63) is 245 Å². The Morgan fingerprint density at radius 1 is 0.333 bits per heavy atom. The Balaban J connectivity index is 0.000000205. The zero-order valence-electron chi connectivity index (χ0n) is 82.3. The quantitative estimate of drug-likeness (QED) is 0.0421. The van der Waals surface area contributed by atoms with Crippen LogP contribution >= 0.6 is 12.4 Å². The summed E-state index contributed by atoms with van der Waals surface area (Å²) in [6, 6.07) is 44.3. The normalized spacial score (nSPS) is 16.7. The summed E-state index contributed by atoms with van der Waals surface area (Å²) < 4.78 is 197. The Bertz CT molecular complexity index is 5340. The number of ether oxygens (including phenoxy) is 2. The number of aldehydes is 1. The van der Waals surface area contributed by atoms with E-state index in [2.05, 4.69) is 56.8 Å². The van der Waals surface area contributed by atoms with Crippen LogP contribution in [0.5, 0.6) is 0 Å². The van der Waals surface area contributed by atoms with E-state index in [-0.39, 0.29) is 90.5 Å². The average Bonchev–Trinajstić information content (AvgIpc) is 1.67. The summed E-state index contributed by atoms with van der Waals surface area (Å²) in [5, 5.41) is 19.7. The van der Waals surface area contributed by atoms with Crippen LogP contribution in [-0.4, -0.2) is 247 Å². The lowest BCUT2D eigenvalue weighted by atomic mass is 9.91. The number of alkyl halides is 15. The highest BCUT2D eigenvalue weighted by molar-refractivity contribution is 5.86. The van der Waals surface area contributed by atoms with Crippen molar-refractivity contribution in [1.82, 2.24) is 44.9 Å². The number of aliphatic hydroxyl groups is 1. The molecule has 7 aromatic carbocycles. The smallest absolute Gasteiger partial charge is 0.444 e. The molecule has 16 rings (SSSR count). The largest absolute Gasteiger partial charge is 0.471 e. The lowest BCUT2D eigenvalue weighted by Gasteiger charge is -2.36. The number of alkyl carbamates (subject to hydrolysis) is 2. The zero-order valence-corrected chi connectivity index (χ0v) is 83.1. The number of carbonyl (C=O) groups is 8. The van der Waals surface area contributed by atoms with Crippen LogP contribution in [0.1, 0.15) is 196 Å². The highest BCUT2D eigenvalue weighted by atomic mass is 35.5. The molecule has 0 unspecified atom stereocenters. The van der Waals surface area contributed by atoms with Crippen molar-refractivity contribution in [2.24, 2.45) is 11.5 Å². The summed E-state index contributed by atoms with van der Waals surface area (Å²) in [5.74, 6) is -8.84. The Hall–Kier alpha value is -11.2. The molecule has 2 saturated carbocycles. The van der Waals surface area contributed by atoms with Crippen LogP contribution in [0.25, 0.3) is 0 Å². The molecule has 0 bridgehead atoms. The third-order valence-electron chi connectivity index (χ3n) is 26.1. The van der Waals surface area contributed by atoms with Crippen LogP contribution in [0, 0.1) is 5.41 Å². The number of nitrogens with two attached hydrogens (primary N) is 2. The second-order valence-corrected chi connectivity index (χ2v) is 38.3. The maximum atomic E-state index is 12.6. The summed E-state index contributed by atoms with van der Waals surface area (Å²) in [6.07, 6.45) is -5.85. The number of nitrogens with one attached hydrogen (secondary N) is 3. The van der Waals surface area contributed by atoms with Gasteiger partial charge in [0.1, 0.15) is 17.5 Å². The third-order valence-corrected chi connectivity index (χ3v) is 26.1. The first-order chi connectivity index (χ1) is 67.4. The molecule has 9 aliphatic rings. The van der Waals surface area contributed by atoms with E-state index in [1.165, 1.54) is 106 Å².